The normalized spacial score (nSPS) is 10.7. The van der Waals surface area contributed by atoms with Crippen molar-refractivity contribution in [3.8, 4) is 0 Å². The number of likely N-dealkylation sites (N-methyl/N-ethyl adjacent to an activating group) is 1. The Hall–Kier alpha value is -2.99. The fourth-order valence-corrected chi connectivity index (χ4v) is 2.54. The standard InChI is InChI=1S/C21H25N3O3/c1-15(2)22-20(26)14-24(3)13-19(25)16-9-11-18(12-10-16)23-21(27)17-7-5-4-6-8-17/h4-12,15H,13-14H2,1-3H3,(H,22,26)(H,23,27). The fraction of sp³-hybridized carbons (Fsp3) is 0.286. The lowest BCUT2D eigenvalue weighted by Crippen LogP contribution is -2.40. The van der Waals surface area contributed by atoms with Crippen LogP contribution in [0.2, 0.25) is 0 Å². The molecule has 2 aromatic carbocycles. The van der Waals surface area contributed by atoms with Crippen LogP contribution in [0.4, 0.5) is 5.69 Å². The minimum atomic E-state index is -0.203. The van der Waals surface area contributed by atoms with Crippen LogP contribution in [-0.4, -0.2) is 48.7 Å². The minimum Gasteiger partial charge on any atom is -0.353 e. The molecule has 2 aromatic rings. The molecule has 2 amide bonds. The van der Waals surface area contributed by atoms with Crippen LogP contribution in [-0.2, 0) is 4.79 Å². The van der Waals surface area contributed by atoms with Crippen molar-refractivity contribution in [1.82, 2.24) is 10.2 Å². The summed E-state index contributed by atoms with van der Waals surface area (Å²) in [4.78, 5) is 37.9. The fourth-order valence-electron chi connectivity index (χ4n) is 2.54. The monoisotopic (exact) mass is 367 g/mol. The number of rotatable bonds is 8. The molecule has 0 spiro atoms. The van der Waals surface area contributed by atoms with Gasteiger partial charge in [0.05, 0.1) is 13.1 Å². The van der Waals surface area contributed by atoms with Gasteiger partial charge in [-0.15, -0.1) is 0 Å². The number of carbonyl (C=O) groups is 3. The third kappa shape index (κ3) is 6.67. The molecule has 0 aliphatic carbocycles. The quantitative estimate of drug-likeness (QED) is 0.703. The van der Waals surface area contributed by atoms with E-state index >= 15 is 0 Å². The molecule has 2 N–H and O–H groups in total. The Labute approximate surface area is 159 Å². The van der Waals surface area contributed by atoms with Gasteiger partial charge in [-0.25, -0.2) is 0 Å². The van der Waals surface area contributed by atoms with Crippen molar-refractivity contribution < 1.29 is 14.4 Å². The first-order chi connectivity index (χ1) is 12.8. The highest BCUT2D eigenvalue weighted by molar-refractivity contribution is 6.04. The summed E-state index contributed by atoms with van der Waals surface area (Å²) in [6.45, 7) is 4.08. The second-order valence-electron chi connectivity index (χ2n) is 6.72. The summed E-state index contributed by atoms with van der Waals surface area (Å²) < 4.78 is 0. The van der Waals surface area contributed by atoms with Gasteiger partial charge in [0.1, 0.15) is 0 Å². The number of hydrogen-bond donors (Lipinski definition) is 2. The second kappa shape index (κ2) is 9.64. The molecule has 6 nitrogen and oxygen atoms in total. The van der Waals surface area contributed by atoms with Gasteiger partial charge < -0.3 is 10.6 Å². The van der Waals surface area contributed by atoms with E-state index in [2.05, 4.69) is 10.6 Å². The van der Waals surface area contributed by atoms with E-state index in [0.29, 0.717) is 16.8 Å². The van der Waals surface area contributed by atoms with E-state index in [0.717, 1.165) is 0 Å². The second-order valence-corrected chi connectivity index (χ2v) is 6.72. The molecule has 6 heteroatoms. The summed E-state index contributed by atoms with van der Waals surface area (Å²) in [7, 11) is 1.73. The van der Waals surface area contributed by atoms with Gasteiger partial charge in [0, 0.05) is 22.9 Å². The molecule has 0 atom stereocenters. The molecule has 0 aromatic heterocycles. The number of hydrogen-bond acceptors (Lipinski definition) is 4. The number of anilines is 1. The van der Waals surface area contributed by atoms with Crippen molar-refractivity contribution in [2.75, 3.05) is 25.5 Å². The summed E-state index contributed by atoms with van der Waals surface area (Å²) >= 11 is 0. The summed E-state index contributed by atoms with van der Waals surface area (Å²) in [5, 5.41) is 5.59. The Bertz CT molecular complexity index is 786. The highest BCUT2D eigenvalue weighted by atomic mass is 16.2. The van der Waals surface area contributed by atoms with E-state index in [4.69, 9.17) is 0 Å². The van der Waals surface area contributed by atoms with Crippen molar-refractivity contribution in [2.24, 2.45) is 0 Å². The number of ketones is 1. The maximum atomic E-state index is 12.4. The summed E-state index contributed by atoms with van der Waals surface area (Å²) in [5.74, 6) is -0.402. The molecule has 0 saturated carbocycles. The first-order valence-corrected chi connectivity index (χ1v) is 8.82. The molecule has 0 bridgehead atoms. The van der Waals surface area contributed by atoms with Crippen LogP contribution < -0.4 is 10.6 Å². The third-order valence-corrected chi connectivity index (χ3v) is 3.78. The Balaban J connectivity index is 1.89. The number of nitrogens with one attached hydrogen (secondary N) is 2. The predicted octanol–water partition coefficient (Wildman–Crippen LogP) is 2.58. The highest BCUT2D eigenvalue weighted by Gasteiger charge is 2.13. The zero-order valence-electron chi connectivity index (χ0n) is 15.9. The van der Waals surface area contributed by atoms with Gasteiger partial charge in [-0.05, 0) is 57.3 Å². The van der Waals surface area contributed by atoms with E-state index in [-0.39, 0.29) is 36.7 Å². The van der Waals surface area contributed by atoms with E-state index in [9.17, 15) is 14.4 Å². The molecule has 0 aliphatic heterocycles. The van der Waals surface area contributed by atoms with E-state index in [1.165, 1.54) is 0 Å². The van der Waals surface area contributed by atoms with Crippen LogP contribution in [0.15, 0.2) is 54.6 Å². The first kappa shape index (κ1) is 20.3. The Morgan fingerprint density at radius 1 is 0.889 bits per heavy atom. The summed E-state index contributed by atoms with van der Waals surface area (Å²) in [5.41, 5.74) is 1.72. The lowest BCUT2D eigenvalue weighted by molar-refractivity contribution is -0.122. The zero-order valence-corrected chi connectivity index (χ0v) is 15.9. The SMILES string of the molecule is CC(C)NC(=O)CN(C)CC(=O)c1ccc(NC(=O)c2ccccc2)cc1. The number of carbonyl (C=O) groups excluding carboxylic acids is 3. The largest absolute Gasteiger partial charge is 0.353 e. The lowest BCUT2D eigenvalue weighted by Gasteiger charge is -2.16. The predicted molar refractivity (Wildman–Crippen MR) is 106 cm³/mol. The van der Waals surface area contributed by atoms with Crippen LogP contribution >= 0.6 is 0 Å². The van der Waals surface area contributed by atoms with Crippen LogP contribution in [0.5, 0.6) is 0 Å². The number of nitrogens with zero attached hydrogens (tertiary/aromatic N) is 1. The van der Waals surface area contributed by atoms with Gasteiger partial charge in [0.25, 0.3) is 5.91 Å². The third-order valence-electron chi connectivity index (χ3n) is 3.78. The molecule has 0 saturated heterocycles. The molecule has 0 radical (unpaired) electrons. The smallest absolute Gasteiger partial charge is 0.255 e. The number of Topliss-reactive ketones (excluding diaryl/α,β-unsaturated/α-hetero) is 1. The van der Waals surface area contributed by atoms with Crippen LogP contribution in [0.25, 0.3) is 0 Å². The van der Waals surface area contributed by atoms with E-state index < -0.39 is 0 Å². The maximum Gasteiger partial charge on any atom is 0.255 e. The van der Waals surface area contributed by atoms with Gasteiger partial charge >= 0.3 is 0 Å². The first-order valence-electron chi connectivity index (χ1n) is 8.82. The maximum absolute atomic E-state index is 12.4. The Morgan fingerprint density at radius 2 is 1.52 bits per heavy atom. The molecular weight excluding hydrogens is 342 g/mol. The number of amides is 2. The van der Waals surface area contributed by atoms with Crippen LogP contribution in [0, 0.1) is 0 Å². The van der Waals surface area contributed by atoms with Crippen molar-refractivity contribution in [1.29, 1.82) is 0 Å². The van der Waals surface area contributed by atoms with Gasteiger partial charge in [0.2, 0.25) is 5.91 Å². The average molecular weight is 367 g/mol. The van der Waals surface area contributed by atoms with E-state index in [1.54, 1.807) is 60.5 Å². The van der Waals surface area contributed by atoms with Crippen molar-refractivity contribution in [2.45, 2.75) is 19.9 Å². The average Bonchev–Trinajstić information content (AvgIpc) is 2.62. The zero-order chi connectivity index (χ0) is 19.8. The molecule has 0 aliphatic rings. The molecule has 0 unspecified atom stereocenters. The summed E-state index contributed by atoms with van der Waals surface area (Å²) in [6, 6.07) is 15.7. The molecule has 2 rings (SSSR count). The molecule has 27 heavy (non-hydrogen) atoms. The van der Waals surface area contributed by atoms with Gasteiger partial charge in [-0.2, -0.15) is 0 Å². The lowest BCUT2D eigenvalue weighted by atomic mass is 10.1. The minimum absolute atomic E-state index is 0.0697. The Morgan fingerprint density at radius 3 is 2.11 bits per heavy atom. The molecule has 0 fully saturated rings. The number of benzene rings is 2. The van der Waals surface area contributed by atoms with Gasteiger partial charge in [-0.3, -0.25) is 19.3 Å². The van der Waals surface area contributed by atoms with Crippen LogP contribution in [0.1, 0.15) is 34.6 Å². The molecule has 142 valence electrons. The van der Waals surface area contributed by atoms with Gasteiger partial charge in [-0.1, -0.05) is 18.2 Å². The molecular formula is C21H25N3O3. The van der Waals surface area contributed by atoms with E-state index in [1.807, 2.05) is 19.9 Å². The van der Waals surface area contributed by atoms with Gasteiger partial charge in [0.15, 0.2) is 5.78 Å². The topological polar surface area (TPSA) is 78.5 Å². The van der Waals surface area contributed by atoms with Crippen LogP contribution in [0.3, 0.4) is 0 Å². The van der Waals surface area contributed by atoms with Crippen molar-refractivity contribution in [3.05, 3.63) is 65.7 Å². The Kier molecular flexibility index (Phi) is 7.25. The highest BCUT2D eigenvalue weighted by Crippen LogP contribution is 2.12. The van der Waals surface area contributed by atoms with Crippen molar-refractivity contribution >= 4 is 23.3 Å². The molecule has 0 heterocycles. The van der Waals surface area contributed by atoms with Crippen molar-refractivity contribution in [3.63, 3.8) is 0 Å². The summed E-state index contributed by atoms with van der Waals surface area (Å²) in [6.07, 6.45) is 0.